The lowest BCUT2D eigenvalue weighted by molar-refractivity contribution is -0.194. The molecule has 0 aromatic carbocycles. The average molecular weight is 254 g/mol. The van der Waals surface area contributed by atoms with E-state index in [2.05, 4.69) is 27.7 Å². The van der Waals surface area contributed by atoms with Gasteiger partial charge in [0, 0.05) is 11.3 Å². The molecule has 1 saturated heterocycles. The number of aliphatic hydroxyl groups excluding tert-OH is 2. The molecule has 3 rings (SSSR count). The predicted octanol–water partition coefficient (Wildman–Crippen LogP) is 2.10. The van der Waals surface area contributed by atoms with E-state index < -0.39 is 17.6 Å². The second kappa shape index (κ2) is 3.50. The summed E-state index contributed by atoms with van der Waals surface area (Å²) >= 11 is 0. The summed E-state index contributed by atoms with van der Waals surface area (Å²) in [6, 6.07) is 0. The predicted molar refractivity (Wildman–Crippen MR) is 69.1 cm³/mol. The highest BCUT2D eigenvalue weighted by Gasteiger charge is 2.68. The van der Waals surface area contributed by atoms with Gasteiger partial charge in [-0.25, -0.2) is 0 Å². The van der Waals surface area contributed by atoms with E-state index in [4.69, 9.17) is 4.74 Å². The van der Waals surface area contributed by atoms with Crippen molar-refractivity contribution in [2.24, 2.45) is 17.3 Å². The number of hydrogen-bond donors (Lipinski definition) is 2. The Morgan fingerprint density at radius 1 is 0.944 bits per heavy atom. The number of ether oxygens (including phenoxy) is 1. The Morgan fingerprint density at radius 3 is 2.22 bits per heavy atom. The number of hydrogen-bond acceptors (Lipinski definition) is 3. The summed E-state index contributed by atoms with van der Waals surface area (Å²) in [6.45, 7) is 8.60. The molecule has 3 aliphatic rings. The Morgan fingerprint density at radius 2 is 1.56 bits per heavy atom. The summed E-state index contributed by atoms with van der Waals surface area (Å²) in [6.07, 6.45) is 2.65. The first kappa shape index (κ1) is 12.9. The van der Waals surface area contributed by atoms with Gasteiger partial charge in [0.15, 0.2) is 0 Å². The van der Waals surface area contributed by atoms with E-state index >= 15 is 0 Å². The first-order chi connectivity index (χ1) is 8.22. The molecule has 18 heavy (non-hydrogen) atoms. The first-order valence-electron chi connectivity index (χ1n) is 7.28. The fourth-order valence-corrected chi connectivity index (χ4v) is 5.40. The van der Waals surface area contributed by atoms with Crippen LogP contribution in [0.25, 0.3) is 0 Å². The second-order valence-electron chi connectivity index (χ2n) is 7.62. The van der Waals surface area contributed by atoms with Crippen molar-refractivity contribution in [3.05, 3.63) is 0 Å². The van der Waals surface area contributed by atoms with Crippen LogP contribution in [0.4, 0.5) is 0 Å². The highest BCUT2D eigenvalue weighted by Crippen LogP contribution is 2.64. The molecule has 0 radical (unpaired) electrons. The SMILES string of the molecule is CC1(C)O[C@]2(C)CC[C@@H](O)[C@@]3(C)[C@H]2[C@@H]1CC[C@@H]3O. The summed E-state index contributed by atoms with van der Waals surface area (Å²) in [5.74, 6) is 0.721. The zero-order valence-corrected chi connectivity index (χ0v) is 11.9. The van der Waals surface area contributed by atoms with Gasteiger partial charge >= 0.3 is 0 Å². The van der Waals surface area contributed by atoms with Crippen molar-refractivity contribution < 1.29 is 14.9 Å². The Hall–Kier alpha value is -0.120. The molecular weight excluding hydrogens is 228 g/mol. The molecule has 2 N–H and O–H groups in total. The maximum atomic E-state index is 10.5. The molecule has 2 saturated carbocycles. The van der Waals surface area contributed by atoms with E-state index in [0.29, 0.717) is 5.92 Å². The van der Waals surface area contributed by atoms with Gasteiger partial charge in [0.05, 0.1) is 23.4 Å². The molecule has 2 aliphatic carbocycles. The molecule has 0 aromatic rings. The van der Waals surface area contributed by atoms with Crippen molar-refractivity contribution in [2.45, 2.75) is 76.8 Å². The van der Waals surface area contributed by atoms with Gasteiger partial charge in [-0.2, -0.15) is 0 Å². The van der Waals surface area contributed by atoms with Crippen molar-refractivity contribution in [3.63, 3.8) is 0 Å². The average Bonchev–Trinajstić information content (AvgIpc) is 2.47. The minimum atomic E-state index is -0.399. The van der Waals surface area contributed by atoms with Gasteiger partial charge in [-0.1, -0.05) is 6.92 Å². The molecule has 0 aromatic heterocycles. The fourth-order valence-electron chi connectivity index (χ4n) is 5.40. The van der Waals surface area contributed by atoms with Gasteiger partial charge in [0.2, 0.25) is 0 Å². The largest absolute Gasteiger partial charge is 0.392 e. The van der Waals surface area contributed by atoms with E-state index in [1.54, 1.807) is 0 Å². The van der Waals surface area contributed by atoms with E-state index in [-0.39, 0.29) is 17.1 Å². The highest BCUT2D eigenvalue weighted by molar-refractivity contribution is 5.16. The molecule has 1 heterocycles. The monoisotopic (exact) mass is 254 g/mol. The van der Waals surface area contributed by atoms with Gasteiger partial charge in [-0.15, -0.1) is 0 Å². The van der Waals surface area contributed by atoms with Crippen molar-refractivity contribution in [1.82, 2.24) is 0 Å². The van der Waals surface area contributed by atoms with Crippen molar-refractivity contribution >= 4 is 0 Å². The minimum absolute atomic E-state index is 0.134. The summed E-state index contributed by atoms with van der Waals surface area (Å²) in [4.78, 5) is 0. The molecule has 0 amide bonds. The molecule has 0 bridgehead atoms. The lowest BCUT2D eigenvalue weighted by Gasteiger charge is -2.56. The summed E-state index contributed by atoms with van der Waals surface area (Å²) in [5, 5.41) is 20.9. The van der Waals surface area contributed by atoms with E-state index in [1.165, 1.54) is 0 Å². The Kier molecular flexibility index (Phi) is 2.51. The van der Waals surface area contributed by atoms with Crippen LogP contribution in [-0.4, -0.2) is 33.6 Å². The maximum Gasteiger partial charge on any atom is 0.0701 e. The number of aliphatic hydroxyl groups is 2. The lowest BCUT2D eigenvalue weighted by atomic mass is 9.49. The molecule has 3 heteroatoms. The molecule has 0 unspecified atom stereocenters. The second-order valence-corrected chi connectivity index (χ2v) is 7.62. The Balaban J connectivity index is 2.10. The highest BCUT2D eigenvalue weighted by atomic mass is 16.5. The Bertz CT molecular complexity index is 361. The van der Waals surface area contributed by atoms with Crippen LogP contribution in [0.2, 0.25) is 0 Å². The zero-order valence-electron chi connectivity index (χ0n) is 11.9. The molecule has 6 atom stereocenters. The maximum absolute atomic E-state index is 10.5. The van der Waals surface area contributed by atoms with Crippen LogP contribution in [0.15, 0.2) is 0 Å². The summed E-state index contributed by atoms with van der Waals surface area (Å²) in [7, 11) is 0. The standard InChI is InChI=1S/C15H26O3/c1-13(2)9-5-6-10(16)15(4)11(17)7-8-14(3,18-13)12(9)15/h9-12,16-17H,5-8H2,1-4H3/t9-,10-,11+,12-,14+,15-/m0/s1. The van der Waals surface area contributed by atoms with E-state index in [0.717, 1.165) is 25.7 Å². The molecular formula is C15H26O3. The third-order valence-electron chi connectivity index (χ3n) is 6.22. The third-order valence-corrected chi connectivity index (χ3v) is 6.22. The van der Waals surface area contributed by atoms with Crippen LogP contribution < -0.4 is 0 Å². The topological polar surface area (TPSA) is 49.7 Å². The number of rotatable bonds is 0. The van der Waals surface area contributed by atoms with Gasteiger partial charge in [0.1, 0.15) is 0 Å². The molecule has 0 spiro atoms. The van der Waals surface area contributed by atoms with Crippen LogP contribution in [0, 0.1) is 17.3 Å². The van der Waals surface area contributed by atoms with Gasteiger partial charge in [-0.3, -0.25) is 0 Å². The summed E-state index contributed by atoms with van der Waals surface area (Å²) in [5.41, 5.74) is -0.710. The van der Waals surface area contributed by atoms with Crippen LogP contribution in [0.1, 0.15) is 53.4 Å². The van der Waals surface area contributed by atoms with Crippen LogP contribution in [-0.2, 0) is 4.74 Å². The van der Waals surface area contributed by atoms with Crippen LogP contribution >= 0.6 is 0 Å². The molecule has 3 fully saturated rings. The third kappa shape index (κ3) is 1.36. The first-order valence-corrected chi connectivity index (χ1v) is 7.28. The van der Waals surface area contributed by atoms with Gasteiger partial charge in [-0.05, 0) is 52.4 Å². The smallest absolute Gasteiger partial charge is 0.0701 e. The van der Waals surface area contributed by atoms with Crippen LogP contribution in [0.3, 0.4) is 0 Å². The molecule has 1 aliphatic heterocycles. The lowest BCUT2D eigenvalue weighted by Crippen LogP contribution is -2.61. The molecule has 104 valence electrons. The van der Waals surface area contributed by atoms with Crippen LogP contribution in [0.5, 0.6) is 0 Å². The van der Waals surface area contributed by atoms with Crippen molar-refractivity contribution in [1.29, 1.82) is 0 Å². The summed E-state index contributed by atoms with van der Waals surface area (Å²) < 4.78 is 6.39. The zero-order chi connectivity index (χ0) is 13.3. The van der Waals surface area contributed by atoms with Gasteiger partial charge < -0.3 is 14.9 Å². The minimum Gasteiger partial charge on any atom is -0.392 e. The van der Waals surface area contributed by atoms with E-state index in [1.807, 2.05) is 0 Å². The van der Waals surface area contributed by atoms with Gasteiger partial charge in [0.25, 0.3) is 0 Å². The fraction of sp³-hybridized carbons (Fsp3) is 1.00. The quantitative estimate of drug-likeness (QED) is 0.696. The normalized spacial score (nSPS) is 58.3. The molecule has 3 nitrogen and oxygen atoms in total. The van der Waals surface area contributed by atoms with Crippen molar-refractivity contribution in [2.75, 3.05) is 0 Å². The Labute approximate surface area is 110 Å². The van der Waals surface area contributed by atoms with E-state index in [9.17, 15) is 10.2 Å². The van der Waals surface area contributed by atoms with Crippen molar-refractivity contribution in [3.8, 4) is 0 Å².